The second-order valence-corrected chi connectivity index (χ2v) is 28.8. The largest absolute Gasteiger partial charge is 0.472 e. The van der Waals surface area contributed by atoms with Crippen molar-refractivity contribution in [1.82, 2.24) is 0 Å². The standard InChI is InChI=1S/C69H134O17P2/c1-8-11-12-13-14-15-23-28-36-43-50-66(71)79-57-65(86-69(74)53-46-39-32-31-35-42-49-62(7)10-3)59-84-88(77,78)82-55-63(70)54-81-87(75,76)83-58-64(56-80-67(72)51-44-37-30-25-26-33-40-47-60(4)5)85-68(73)52-45-38-29-24-21-19-17-16-18-20-22-27-34-41-48-61(6)9-2/h60-65,70H,8-59H2,1-7H3,(H,75,76)(H,77,78)/t61?,62?,63-,64-,65-/m1/s1. The smallest absolute Gasteiger partial charge is 0.462 e. The molecule has 0 radical (unpaired) electrons. The van der Waals surface area contributed by atoms with Crippen LogP contribution in [0.15, 0.2) is 0 Å². The van der Waals surface area contributed by atoms with Crippen molar-refractivity contribution < 1.29 is 80.2 Å². The van der Waals surface area contributed by atoms with Crippen LogP contribution in [-0.2, 0) is 65.4 Å². The molecule has 19 heteroatoms. The molecule has 0 aromatic rings. The number of carbonyl (C=O) groups excluding carboxylic acids is 4. The zero-order valence-corrected chi connectivity index (χ0v) is 59.0. The van der Waals surface area contributed by atoms with Crippen LogP contribution in [0.4, 0.5) is 0 Å². The van der Waals surface area contributed by atoms with Crippen molar-refractivity contribution in [2.24, 2.45) is 17.8 Å². The van der Waals surface area contributed by atoms with Crippen molar-refractivity contribution in [3.8, 4) is 0 Å². The number of carbonyl (C=O) groups is 4. The van der Waals surface area contributed by atoms with Crippen LogP contribution >= 0.6 is 15.6 Å². The summed E-state index contributed by atoms with van der Waals surface area (Å²) >= 11 is 0. The Hall–Kier alpha value is -1.94. The van der Waals surface area contributed by atoms with Gasteiger partial charge in [-0.1, -0.05) is 292 Å². The number of aliphatic hydroxyl groups excluding tert-OH is 1. The van der Waals surface area contributed by atoms with Gasteiger partial charge in [0.05, 0.1) is 26.4 Å². The Labute approximate surface area is 537 Å². The summed E-state index contributed by atoms with van der Waals surface area (Å²) in [5.41, 5.74) is 0. The SMILES string of the molecule is CCCCCCCCCCCCC(=O)OC[C@H](COP(=O)(O)OC[C@H](O)COP(=O)(O)OC[C@@H](COC(=O)CCCCCCCCCC(C)C)OC(=O)CCCCCCCCCCCCCCCCC(C)CC)OC(=O)CCCCCCCCC(C)CC. The van der Waals surface area contributed by atoms with Gasteiger partial charge in [-0.05, 0) is 43.4 Å². The van der Waals surface area contributed by atoms with Gasteiger partial charge >= 0.3 is 39.5 Å². The number of hydrogen-bond donors (Lipinski definition) is 3. The summed E-state index contributed by atoms with van der Waals surface area (Å²) in [5.74, 6) is 0.139. The van der Waals surface area contributed by atoms with Crippen molar-refractivity contribution in [2.45, 2.75) is 362 Å². The van der Waals surface area contributed by atoms with Crippen molar-refractivity contribution in [1.29, 1.82) is 0 Å². The average Bonchev–Trinajstić information content (AvgIpc) is 3.60. The first kappa shape index (κ1) is 86.1. The second-order valence-electron chi connectivity index (χ2n) is 25.9. The molecular weight excluding hydrogens is 1160 g/mol. The van der Waals surface area contributed by atoms with Crippen molar-refractivity contribution >= 4 is 39.5 Å². The van der Waals surface area contributed by atoms with Gasteiger partial charge in [0.2, 0.25) is 0 Å². The van der Waals surface area contributed by atoms with Crippen LogP contribution in [0.5, 0.6) is 0 Å². The van der Waals surface area contributed by atoms with Crippen LogP contribution in [0.1, 0.15) is 344 Å². The zero-order chi connectivity index (χ0) is 65.2. The molecule has 0 amide bonds. The van der Waals surface area contributed by atoms with E-state index in [9.17, 15) is 43.2 Å². The molecule has 0 aromatic heterocycles. The normalized spacial score (nSPS) is 14.9. The van der Waals surface area contributed by atoms with Gasteiger partial charge in [0.25, 0.3) is 0 Å². The number of ether oxygens (including phenoxy) is 4. The molecule has 0 fully saturated rings. The third-order valence-electron chi connectivity index (χ3n) is 16.6. The number of aliphatic hydroxyl groups is 1. The van der Waals surface area contributed by atoms with Crippen LogP contribution in [0.3, 0.4) is 0 Å². The van der Waals surface area contributed by atoms with E-state index in [0.29, 0.717) is 31.6 Å². The van der Waals surface area contributed by atoms with Crippen molar-refractivity contribution in [3.63, 3.8) is 0 Å². The van der Waals surface area contributed by atoms with Crippen molar-refractivity contribution in [3.05, 3.63) is 0 Å². The van der Waals surface area contributed by atoms with Crippen LogP contribution < -0.4 is 0 Å². The summed E-state index contributed by atoms with van der Waals surface area (Å²) in [6.07, 6.45) is 43.1. The molecular formula is C69H134O17P2. The van der Waals surface area contributed by atoms with Crippen LogP contribution in [0.25, 0.3) is 0 Å². The molecule has 0 bridgehead atoms. The Kier molecular flexibility index (Phi) is 58.7. The maximum absolute atomic E-state index is 13.0. The van der Waals surface area contributed by atoms with Gasteiger partial charge in [-0.2, -0.15) is 0 Å². The summed E-state index contributed by atoms with van der Waals surface area (Å²) in [6.45, 7) is 11.8. The van der Waals surface area contributed by atoms with E-state index >= 15 is 0 Å². The Morgan fingerprint density at radius 2 is 0.580 bits per heavy atom. The Balaban J connectivity index is 5.21. The minimum atomic E-state index is -4.95. The Morgan fingerprint density at radius 3 is 0.864 bits per heavy atom. The van der Waals surface area contributed by atoms with E-state index in [-0.39, 0.29) is 25.7 Å². The minimum Gasteiger partial charge on any atom is -0.462 e. The molecule has 0 aliphatic carbocycles. The topological polar surface area (TPSA) is 237 Å². The van der Waals surface area contributed by atoms with E-state index in [2.05, 4.69) is 48.5 Å². The van der Waals surface area contributed by atoms with Gasteiger partial charge in [-0.15, -0.1) is 0 Å². The molecule has 0 heterocycles. The maximum Gasteiger partial charge on any atom is 0.472 e. The third kappa shape index (κ3) is 60.3. The molecule has 0 aliphatic heterocycles. The van der Waals surface area contributed by atoms with E-state index in [1.165, 1.54) is 148 Å². The molecule has 0 rings (SSSR count). The second kappa shape index (κ2) is 60.0. The molecule has 17 nitrogen and oxygen atoms in total. The highest BCUT2D eigenvalue weighted by Gasteiger charge is 2.30. The predicted octanol–water partition coefficient (Wildman–Crippen LogP) is 19.5. The lowest BCUT2D eigenvalue weighted by Crippen LogP contribution is -2.30. The fraction of sp³-hybridized carbons (Fsp3) is 0.942. The minimum absolute atomic E-state index is 0.103. The number of rotatable bonds is 67. The lowest BCUT2D eigenvalue weighted by Gasteiger charge is -2.21. The maximum atomic E-state index is 13.0. The van der Waals surface area contributed by atoms with Crippen LogP contribution in [-0.4, -0.2) is 96.7 Å². The van der Waals surface area contributed by atoms with Gasteiger partial charge in [0.1, 0.15) is 19.3 Å². The molecule has 3 N–H and O–H groups in total. The number of hydrogen-bond acceptors (Lipinski definition) is 15. The molecule has 0 aromatic carbocycles. The predicted molar refractivity (Wildman–Crippen MR) is 354 cm³/mol. The lowest BCUT2D eigenvalue weighted by molar-refractivity contribution is -0.161. The van der Waals surface area contributed by atoms with Gasteiger partial charge < -0.3 is 33.8 Å². The first-order chi connectivity index (χ1) is 42.3. The fourth-order valence-electron chi connectivity index (χ4n) is 10.3. The Morgan fingerprint density at radius 1 is 0.330 bits per heavy atom. The lowest BCUT2D eigenvalue weighted by atomic mass is 9.99. The van der Waals surface area contributed by atoms with E-state index in [1.807, 2.05) is 0 Å². The van der Waals surface area contributed by atoms with Gasteiger partial charge in [-0.3, -0.25) is 37.3 Å². The molecule has 7 atom stereocenters. The molecule has 0 saturated heterocycles. The highest BCUT2D eigenvalue weighted by Crippen LogP contribution is 2.45. The summed E-state index contributed by atoms with van der Waals surface area (Å²) in [7, 11) is -9.90. The van der Waals surface area contributed by atoms with Crippen LogP contribution in [0.2, 0.25) is 0 Å². The summed E-state index contributed by atoms with van der Waals surface area (Å²) < 4.78 is 68.2. The highest BCUT2D eigenvalue weighted by atomic mass is 31.2. The van der Waals surface area contributed by atoms with E-state index in [4.69, 9.17) is 37.0 Å². The highest BCUT2D eigenvalue weighted by molar-refractivity contribution is 7.47. The van der Waals surface area contributed by atoms with Gasteiger partial charge in [0, 0.05) is 25.7 Å². The Bertz CT molecular complexity index is 1740. The first-order valence-corrected chi connectivity index (χ1v) is 38.9. The number of phosphoric ester groups is 2. The molecule has 522 valence electrons. The van der Waals surface area contributed by atoms with Gasteiger partial charge in [-0.25, -0.2) is 9.13 Å². The third-order valence-corrected chi connectivity index (χ3v) is 18.5. The summed E-state index contributed by atoms with van der Waals surface area (Å²) in [6, 6.07) is 0. The molecule has 0 aliphatic rings. The number of unbranched alkanes of at least 4 members (excludes halogenated alkanes) is 33. The molecule has 0 spiro atoms. The zero-order valence-electron chi connectivity index (χ0n) is 57.2. The summed E-state index contributed by atoms with van der Waals surface area (Å²) in [4.78, 5) is 72.4. The molecule has 0 saturated carbocycles. The van der Waals surface area contributed by atoms with E-state index in [1.54, 1.807) is 0 Å². The van der Waals surface area contributed by atoms with E-state index in [0.717, 1.165) is 108 Å². The molecule has 4 unspecified atom stereocenters. The number of esters is 4. The van der Waals surface area contributed by atoms with E-state index < -0.39 is 97.5 Å². The number of phosphoric acid groups is 2. The summed E-state index contributed by atoms with van der Waals surface area (Å²) in [5, 5.41) is 10.6. The van der Waals surface area contributed by atoms with Crippen LogP contribution in [0, 0.1) is 17.8 Å². The van der Waals surface area contributed by atoms with Crippen molar-refractivity contribution in [2.75, 3.05) is 39.6 Å². The monoisotopic (exact) mass is 1300 g/mol. The fourth-order valence-corrected chi connectivity index (χ4v) is 11.9. The quantitative estimate of drug-likeness (QED) is 0.0222. The molecule has 88 heavy (non-hydrogen) atoms. The van der Waals surface area contributed by atoms with Gasteiger partial charge in [0.15, 0.2) is 12.2 Å². The first-order valence-electron chi connectivity index (χ1n) is 35.9. The average molecular weight is 1300 g/mol.